The third kappa shape index (κ3) is 6.34. The van der Waals surface area contributed by atoms with E-state index in [1.807, 2.05) is 84.9 Å². The molecule has 0 radical (unpaired) electrons. The number of fused-ring (bicyclic) bond motifs is 20. The topological polar surface area (TPSA) is 172 Å². The fourth-order valence-electron chi connectivity index (χ4n) is 8.72. The molecule has 5 heterocycles. The lowest BCUT2D eigenvalue weighted by atomic mass is 9.87. The Bertz CT molecular complexity index is 3550. The van der Waals surface area contributed by atoms with Crippen molar-refractivity contribution in [2.24, 2.45) is 0 Å². The molecule has 15 heteroatoms. The monoisotopic (exact) mass is 874 g/mol. The van der Waals surface area contributed by atoms with Crippen LogP contribution in [0.2, 0.25) is 0 Å². The maximum atomic E-state index is 15.5. The van der Waals surface area contributed by atoms with E-state index >= 15 is 4.79 Å². The molecule has 318 valence electrons. The van der Waals surface area contributed by atoms with E-state index in [0.29, 0.717) is 90.8 Å². The van der Waals surface area contributed by atoms with Crippen molar-refractivity contribution in [2.45, 2.75) is 5.04 Å². The van der Waals surface area contributed by atoms with Crippen molar-refractivity contribution in [3.05, 3.63) is 139 Å². The second-order valence-corrected chi connectivity index (χ2v) is 17.1. The van der Waals surface area contributed by atoms with Crippen LogP contribution < -0.4 is 23.7 Å². The normalized spacial score (nSPS) is 11.9. The van der Waals surface area contributed by atoms with E-state index < -0.39 is 11.0 Å². The molecule has 8 bridgehead atoms. The largest absolute Gasteiger partial charge is 0.497 e. The number of rotatable bonds is 8. The SMILES string of the molecule is COc1ccc(OC)c(C([SiH3])(C(=O)Oc2cccc3c4nc5nc(nc6[nH]c(nc7nc(nc([nH]4)c23)-c2ccccc2-7)c2ccccc62)-c2ccccc2-5)c2cc(OC)ccc2OC)c1. The van der Waals surface area contributed by atoms with Gasteiger partial charge in [-0.05, 0) is 42.5 Å². The Morgan fingerprint density at radius 1 is 0.462 bits per heavy atom. The van der Waals surface area contributed by atoms with Gasteiger partial charge in [-0.2, -0.15) is 0 Å². The van der Waals surface area contributed by atoms with E-state index in [4.69, 9.17) is 53.6 Å². The van der Waals surface area contributed by atoms with Crippen LogP contribution in [0.1, 0.15) is 11.1 Å². The first-order valence-corrected chi connectivity index (χ1v) is 21.7. The fourth-order valence-corrected chi connectivity index (χ4v) is 9.60. The Balaban J connectivity index is 1.20. The molecule has 11 rings (SSSR count). The van der Waals surface area contributed by atoms with E-state index in [1.165, 1.54) is 0 Å². The van der Waals surface area contributed by atoms with Crippen LogP contribution in [-0.4, -0.2) is 84.5 Å². The number of nitrogens with one attached hydrogen (secondary N) is 2. The number of carbonyl (C=O) groups excluding carboxylic acids is 1. The number of H-pyrrole nitrogens is 2. The number of aromatic amines is 2. The van der Waals surface area contributed by atoms with E-state index in [1.54, 1.807) is 70.9 Å². The number of hydrogen-bond acceptors (Lipinski definition) is 12. The van der Waals surface area contributed by atoms with Gasteiger partial charge in [-0.15, -0.1) is 0 Å². The van der Waals surface area contributed by atoms with Crippen LogP contribution in [0.25, 0.3) is 89.7 Å². The minimum Gasteiger partial charge on any atom is -0.497 e. The van der Waals surface area contributed by atoms with Crippen molar-refractivity contribution in [1.82, 2.24) is 39.9 Å². The number of hydrogen-bond donors (Lipinski definition) is 2. The van der Waals surface area contributed by atoms with E-state index in [0.717, 1.165) is 33.0 Å². The van der Waals surface area contributed by atoms with Crippen molar-refractivity contribution < 1.29 is 28.5 Å². The Hall–Kier alpha value is -8.43. The maximum absolute atomic E-state index is 15.5. The van der Waals surface area contributed by atoms with Crippen molar-refractivity contribution in [1.29, 1.82) is 0 Å². The molecule has 0 spiro atoms. The lowest BCUT2D eigenvalue weighted by Crippen LogP contribution is -2.41. The summed E-state index contributed by atoms with van der Waals surface area (Å²) in [6, 6.07) is 39.7. The molecule has 0 aliphatic carbocycles. The molecule has 0 atom stereocenters. The van der Waals surface area contributed by atoms with E-state index in [2.05, 4.69) is 9.97 Å². The number of nitrogens with zero attached hydrogens (tertiary/aromatic N) is 6. The highest BCUT2D eigenvalue weighted by atomic mass is 28.1. The highest BCUT2D eigenvalue weighted by Crippen LogP contribution is 2.45. The van der Waals surface area contributed by atoms with Gasteiger partial charge in [-0.1, -0.05) is 84.9 Å². The molecular formula is C50H38N8O6Si. The molecule has 3 aromatic heterocycles. The van der Waals surface area contributed by atoms with Crippen LogP contribution in [0.3, 0.4) is 0 Å². The Morgan fingerprint density at radius 3 is 1.34 bits per heavy atom. The van der Waals surface area contributed by atoms with Gasteiger partial charge in [0.25, 0.3) is 0 Å². The first-order valence-electron chi connectivity index (χ1n) is 20.7. The minimum absolute atomic E-state index is 0.186. The van der Waals surface area contributed by atoms with Crippen LogP contribution in [-0.2, 0) is 9.83 Å². The van der Waals surface area contributed by atoms with Gasteiger partial charge >= 0.3 is 5.97 Å². The zero-order valence-corrected chi connectivity index (χ0v) is 37.8. The summed E-state index contributed by atoms with van der Waals surface area (Å²) >= 11 is 0. The summed E-state index contributed by atoms with van der Waals surface area (Å²) in [5.74, 6) is 3.42. The molecule has 2 aliphatic rings. The summed E-state index contributed by atoms with van der Waals surface area (Å²) in [6.45, 7) is 0. The third-order valence-corrected chi connectivity index (χ3v) is 13.5. The summed E-state index contributed by atoms with van der Waals surface area (Å²) in [5, 5.41) is 1.45. The quantitative estimate of drug-likeness (QED) is 0.0855. The van der Waals surface area contributed by atoms with Crippen LogP contribution in [0.4, 0.5) is 0 Å². The van der Waals surface area contributed by atoms with Gasteiger partial charge in [0.2, 0.25) is 0 Å². The number of carbonyl (C=O) groups is 1. The standard InChI is InChI=1S/C50H38N8O6Si/c1-60-26-20-22-37(62-3)35(24-26)50(65,36-25-27(61-2)21-23-38(36)63-4)49(59)64-39-19-11-18-34-40(39)48-57-46-33-17-10-9-16-32(33)44(55-46)53-42-29-13-6-5-12-28(29)41(51-42)52-43-30-14-7-8-15-31(30)45(54-43)56-47(34)58-48/h5-25H,1-4,65H3,(H2,51,52,53,54,55,56,57,58). The van der Waals surface area contributed by atoms with Gasteiger partial charge in [-0.25, -0.2) is 29.9 Å². The summed E-state index contributed by atoms with van der Waals surface area (Å²) in [4.78, 5) is 53.0. The first kappa shape index (κ1) is 39.4. The Morgan fingerprint density at radius 2 is 0.877 bits per heavy atom. The van der Waals surface area contributed by atoms with Gasteiger partial charge in [0.05, 0.1) is 33.8 Å². The van der Waals surface area contributed by atoms with Crippen molar-refractivity contribution in [3.63, 3.8) is 0 Å². The fraction of sp³-hybridized carbons (Fsp3) is 0.100. The number of methoxy groups -OCH3 is 4. The summed E-state index contributed by atoms with van der Waals surface area (Å²) in [5.41, 5.74) is 6.24. The number of esters is 1. The number of ether oxygens (including phenoxy) is 5. The lowest BCUT2D eigenvalue weighted by molar-refractivity contribution is -0.136. The van der Waals surface area contributed by atoms with Gasteiger partial charge in [0, 0.05) is 59.8 Å². The second kappa shape index (κ2) is 15.4. The molecule has 0 fully saturated rings. The van der Waals surface area contributed by atoms with E-state index in [9.17, 15) is 0 Å². The first-order chi connectivity index (χ1) is 31.8. The molecule has 14 nitrogen and oxygen atoms in total. The molecule has 0 saturated carbocycles. The van der Waals surface area contributed by atoms with Crippen molar-refractivity contribution >= 4 is 60.3 Å². The van der Waals surface area contributed by atoms with Crippen molar-refractivity contribution in [2.75, 3.05) is 28.4 Å². The molecule has 6 aromatic carbocycles. The second-order valence-electron chi connectivity index (χ2n) is 15.6. The molecule has 2 N–H and O–H groups in total. The summed E-state index contributed by atoms with van der Waals surface area (Å²) < 4.78 is 29.9. The molecule has 0 amide bonds. The highest BCUT2D eigenvalue weighted by Gasteiger charge is 2.44. The van der Waals surface area contributed by atoms with Crippen LogP contribution in [0, 0.1) is 0 Å². The predicted molar refractivity (Wildman–Crippen MR) is 251 cm³/mol. The van der Waals surface area contributed by atoms with E-state index in [-0.39, 0.29) is 16.0 Å². The molecule has 2 aliphatic heterocycles. The molecule has 0 unspecified atom stereocenters. The molecule has 9 aromatic rings. The Labute approximate surface area is 373 Å². The average molecular weight is 875 g/mol. The van der Waals surface area contributed by atoms with Gasteiger partial charge in [0.15, 0.2) is 23.3 Å². The van der Waals surface area contributed by atoms with Gasteiger partial charge < -0.3 is 33.7 Å². The van der Waals surface area contributed by atoms with Gasteiger partial charge in [-0.3, -0.25) is 4.79 Å². The summed E-state index contributed by atoms with van der Waals surface area (Å²) in [6.07, 6.45) is 0. The molecule has 0 saturated heterocycles. The maximum Gasteiger partial charge on any atom is 0.322 e. The number of aromatic nitrogens is 8. The van der Waals surface area contributed by atoms with Crippen LogP contribution in [0.5, 0.6) is 28.7 Å². The molecular weight excluding hydrogens is 837 g/mol. The van der Waals surface area contributed by atoms with Crippen molar-refractivity contribution in [3.8, 4) is 74.3 Å². The summed E-state index contributed by atoms with van der Waals surface area (Å²) in [7, 11) is 6.45. The smallest absolute Gasteiger partial charge is 0.322 e. The molecule has 65 heavy (non-hydrogen) atoms. The van der Waals surface area contributed by atoms with Crippen LogP contribution in [0.15, 0.2) is 127 Å². The third-order valence-electron chi connectivity index (χ3n) is 12.0. The predicted octanol–water partition coefficient (Wildman–Crippen LogP) is 8.12. The Kier molecular flexibility index (Phi) is 9.35. The lowest BCUT2D eigenvalue weighted by Gasteiger charge is -2.31. The number of benzene rings is 6. The highest BCUT2D eigenvalue weighted by molar-refractivity contribution is 6.31. The minimum atomic E-state index is -1.44. The van der Waals surface area contributed by atoms with Gasteiger partial charge in [0.1, 0.15) is 56.4 Å². The average Bonchev–Trinajstić information content (AvgIpc) is 4.09. The zero-order chi connectivity index (χ0) is 44.4. The zero-order valence-electron chi connectivity index (χ0n) is 35.8. The van der Waals surface area contributed by atoms with Crippen LogP contribution >= 0.6 is 0 Å².